The quantitative estimate of drug-likeness (QED) is 0.318. The normalized spacial score (nSPS) is 17.6. The van der Waals surface area contributed by atoms with Crippen LogP contribution in [0.2, 0.25) is 0 Å². The summed E-state index contributed by atoms with van der Waals surface area (Å²) >= 11 is 0. The first kappa shape index (κ1) is 25.7. The van der Waals surface area contributed by atoms with Gasteiger partial charge in [0.15, 0.2) is 0 Å². The van der Waals surface area contributed by atoms with E-state index in [1.165, 1.54) is 0 Å². The van der Waals surface area contributed by atoms with Crippen molar-refractivity contribution in [1.82, 2.24) is 15.1 Å². The molecule has 11 heteroatoms. The number of fused-ring (bicyclic) bond motifs is 1. The molecule has 1 aromatic rings. The fourth-order valence-corrected chi connectivity index (χ4v) is 3.41. The molecule has 0 saturated carbocycles. The van der Waals surface area contributed by atoms with Crippen molar-refractivity contribution in [3.63, 3.8) is 0 Å². The topological polar surface area (TPSA) is 59.3 Å². The average molecular weight is 464 g/mol. The van der Waals surface area contributed by atoms with Crippen LogP contribution in [0.5, 0.6) is 0 Å². The van der Waals surface area contributed by atoms with Crippen molar-refractivity contribution >= 4 is 17.2 Å². The number of halogens is 6. The first-order valence-electron chi connectivity index (χ1n) is 10.1. The molecule has 1 atom stereocenters. The third-order valence-electron chi connectivity index (χ3n) is 5.10. The highest BCUT2D eigenvalue weighted by Crippen LogP contribution is 2.32. The molecule has 0 aliphatic carbocycles. The van der Waals surface area contributed by atoms with Gasteiger partial charge < -0.3 is 5.32 Å². The van der Waals surface area contributed by atoms with Crippen LogP contribution in [0.15, 0.2) is 29.3 Å². The molecule has 0 spiro atoms. The lowest BCUT2D eigenvalue weighted by Gasteiger charge is -2.14. The van der Waals surface area contributed by atoms with E-state index in [1.54, 1.807) is 24.6 Å². The first-order chi connectivity index (χ1) is 14.7. The van der Waals surface area contributed by atoms with Crippen molar-refractivity contribution < 1.29 is 31.1 Å². The fraction of sp³-hybridized carbons (Fsp3) is 0.571. The third-order valence-corrected chi connectivity index (χ3v) is 5.10. The average Bonchev–Trinajstić information content (AvgIpc) is 3.21. The number of aromatic nitrogens is 2. The first-order valence-corrected chi connectivity index (χ1v) is 10.1. The summed E-state index contributed by atoms with van der Waals surface area (Å²) < 4.78 is 77.9. The van der Waals surface area contributed by atoms with Crippen molar-refractivity contribution in [2.75, 3.05) is 7.05 Å². The van der Waals surface area contributed by atoms with E-state index in [4.69, 9.17) is 0 Å². The number of aryl methyl sites for hydroxylation is 1. The number of aliphatic imine (C=N–C) groups is 1. The molecule has 32 heavy (non-hydrogen) atoms. The minimum absolute atomic E-state index is 0.0455. The Bertz CT molecular complexity index is 908. The standard InChI is InChI=1S/C21H26F6N4O/c1-12(2)14(10-18(28-4)21(25,26)27)16-11-17-15(7-9-31(17)30-16)29-19(32)13(3)6-5-8-20(22,23)24/h10-12,15H,3,5-9H2,1-2,4H3,(H,29,32)/b14-10+,28-18?. The maximum atomic E-state index is 13.1. The number of nitrogens with zero attached hydrogens (tertiary/aromatic N) is 3. The SMILES string of the molecule is C=C(CCCC(F)(F)F)C(=O)NC1CCn2nc(/C(=C/C(=NC)C(F)(F)F)C(C)C)cc21. The second kappa shape index (κ2) is 9.91. The van der Waals surface area contributed by atoms with E-state index in [0.29, 0.717) is 29.9 Å². The fourth-order valence-electron chi connectivity index (χ4n) is 3.41. The van der Waals surface area contributed by atoms with E-state index in [2.05, 4.69) is 22.0 Å². The molecule has 1 aliphatic rings. The van der Waals surface area contributed by atoms with Gasteiger partial charge in [0.2, 0.25) is 5.91 Å². The zero-order valence-corrected chi connectivity index (χ0v) is 18.1. The smallest absolute Gasteiger partial charge is 0.344 e. The summed E-state index contributed by atoms with van der Waals surface area (Å²) in [5.74, 6) is -0.823. The van der Waals surface area contributed by atoms with Gasteiger partial charge in [-0.2, -0.15) is 31.4 Å². The van der Waals surface area contributed by atoms with Gasteiger partial charge in [0, 0.05) is 25.6 Å². The second-order valence-corrected chi connectivity index (χ2v) is 7.93. The van der Waals surface area contributed by atoms with Gasteiger partial charge in [-0.25, -0.2) is 0 Å². The lowest BCUT2D eigenvalue weighted by atomic mass is 9.97. The number of amides is 1. The Kier molecular flexibility index (Phi) is 7.95. The lowest BCUT2D eigenvalue weighted by molar-refractivity contribution is -0.135. The molecular weight excluding hydrogens is 438 g/mol. The number of alkyl halides is 6. The molecular formula is C21H26F6N4O. The van der Waals surface area contributed by atoms with Gasteiger partial charge in [-0.3, -0.25) is 14.5 Å². The second-order valence-electron chi connectivity index (χ2n) is 7.93. The van der Waals surface area contributed by atoms with Crippen LogP contribution in [0.1, 0.15) is 57.0 Å². The predicted molar refractivity (Wildman–Crippen MR) is 109 cm³/mol. The Morgan fingerprint density at radius 2 is 2.00 bits per heavy atom. The number of carbonyl (C=O) groups is 1. The molecule has 0 bridgehead atoms. The Hall–Kier alpha value is -2.59. The maximum Gasteiger partial charge on any atom is 0.432 e. The summed E-state index contributed by atoms with van der Waals surface area (Å²) in [6.45, 7) is 7.49. The molecule has 1 amide bonds. The summed E-state index contributed by atoms with van der Waals surface area (Å²) in [7, 11) is 1.07. The van der Waals surface area contributed by atoms with Crippen molar-refractivity contribution in [2.45, 2.75) is 64.5 Å². The van der Waals surface area contributed by atoms with Crippen molar-refractivity contribution in [3.05, 3.63) is 35.7 Å². The molecule has 2 rings (SSSR count). The molecule has 1 N–H and O–H groups in total. The number of rotatable bonds is 8. The molecule has 1 aromatic heterocycles. The highest BCUT2D eigenvalue weighted by Gasteiger charge is 2.35. The lowest BCUT2D eigenvalue weighted by Crippen LogP contribution is -2.28. The molecule has 2 heterocycles. The molecule has 0 radical (unpaired) electrons. The maximum absolute atomic E-state index is 13.1. The number of nitrogens with one attached hydrogen (secondary N) is 1. The summed E-state index contributed by atoms with van der Waals surface area (Å²) in [5.41, 5.74) is 0.346. The zero-order chi connectivity index (χ0) is 24.3. The van der Waals surface area contributed by atoms with E-state index in [0.717, 1.165) is 13.1 Å². The van der Waals surface area contributed by atoms with Gasteiger partial charge in [0.05, 0.1) is 17.4 Å². The Labute approximate surface area is 182 Å². The molecule has 178 valence electrons. The van der Waals surface area contributed by atoms with Crippen LogP contribution < -0.4 is 5.32 Å². The van der Waals surface area contributed by atoms with Crippen LogP contribution in [-0.2, 0) is 11.3 Å². The van der Waals surface area contributed by atoms with E-state index >= 15 is 0 Å². The van der Waals surface area contributed by atoms with Crippen LogP contribution in [0.4, 0.5) is 26.3 Å². The van der Waals surface area contributed by atoms with Crippen LogP contribution in [0, 0.1) is 5.92 Å². The highest BCUT2D eigenvalue weighted by atomic mass is 19.4. The van der Waals surface area contributed by atoms with Crippen LogP contribution in [0.3, 0.4) is 0 Å². The Morgan fingerprint density at radius 3 is 2.53 bits per heavy atom. The number of hydrogen-bond donors (Lipinski definition) is 1. The van der Waals surface area contributed by atoms with E-state index in [-0.39, 0.29) is 24.3 Å². The van der Waals surface area contributed by atoms with Crippen LogP contribution in [-0.4, -0.2) is 40.8 Å². The van der Waals surface area contributed by atoms with Gasteiger partial charge in [0.25, 0.3) is 0 Å². The van der Waals surface area contributed by atoms with Gasteiger partial charge >= 0.3 is 12.4 Å². The Balaban J connectivity index is 2.15. The monoisotopic (exact) mass is 464 g/mol. The summed E-state index contributed by atoms with van der Waals surface area (Å²) in [5, 5.41) is 7.12. The van der Waals surface area contributed by atoms with E-state index < -0.39 is 36.4 Å². The van der Waals surface area contributed by atoms with Gasteiger partial charge in [0.1, 0.15) is 5.71 Å². The molecule has 1 unspecified atom stereocenters. The number of carbonyl (C=O) groups excluding carboxylic acids is 1. The zero-order valence-electron chi connectivity index (χ0n) is 18.1. The highest BCUT2D eigenvalue weighted by molar-refractivity contribution is 6.04. The van der Waals surface area contributed by atoms with E-state index in [9.17, 15) is 31.1 Å². The van der Waals surface area contributed by atoms with Crippen LogP contribution >= 0.6 is 0 Å². The number of allylic oxidation sites excluding steroid dienone is 2. The van der Waals surface area contributed by atoms with Crippen LogP contribution in [0.25, 0.3) is 5.57 Å². The molecule has 0 saturated heterocycles. The molecule has 0 fully saturated rings. The van der Waals surface area contributed by atoms with Gasteiger partial charge in [-0.05, 0) is 42.9 Å². The van der Waals surface area contributed by atoms with Crippen molar-refractivity contribution in [3.8, 4) is 0 Å². The predicted octanol–water partition coefficient (Wildman–Crippen LogP) is 5.41. The largest absolute Gasteiger partial charge is 0.432 e. The minimum Gasteiger partial charge on any atom is -0.344 e. The van der Waals surface area contributed by atoms with Crippen molar-refractivity contribution in [1.29, 1.82) is 0 Å². The van der Waals surface area contributed by atoms with Gasteiger partial charge in [-0.15, -0.1) is 0 Å². The van der Waals surface area contributed by atoms with E-state index in [1.807, 2.05) is 0 Å². The molecule has 5 nitrogen and oxygen atoms in total. The Morgan fingerprint density at radius 1 is 1.34 bits per heavy atom. The van der Waals surface area contributed by atoms with Gasteiger partial charge in [-0.1, -0.05) is 20.4 Å². The summed E-state index contributed by atoms with van der Waals surface area (Å²) in [6.07, 6.45) is -8.72. The summed E-state index contributed by atoms with van der Waals surface area (Å²) in [4.78, 5) is 15.7. The van der Waals surface area contributed by atoms with Crippen molar-refractivity contribution in [2.24, 2.45) is 10.9 Å². The summed E-state index contributed by atoms with van der Waals surface area (Å²) in [6, 6.07) is 1.17. The molecule has 0 aromatic carbocycles. The number of hydrogen-bond acceptors (Lipinski definition) is 3. The minimum atomic E-state index is -4.60. The third kappa shape index (κ3) is 6.70. The molecule has 1 aliphatic heterocycles.